The number of nitrogens with zero attached hydrogens (tertiary/aromatic N) is 2. The summed E-state index contributed by atoms with van der Waals surface area (Å²) in [6.45, 7) is 10.6. The number of fused-ring (bicyclic) bond motifs is 1. The molecule has 0 aliphatic heterocycles. The highest BCUT2D eigenvalue weighted by Crippen LogP contribution is 2.31. The molecular weight excluding hydrogens is 284 g/mol. The molecule has 1 atom stereocenters. The van der Waals surface area contributed by atoms with Gasteiger partial charge in [-0.15, -0.1) is 0 Å². The molecular formula is C20H31N2O+. The summed E-state index contributed by atoms with van der Waals surface area (Å²) < 4.78 is 3.09. The summed E-state index contributed by atoms with van der Waals surface area (Å²) in [4.78, 5) is 12.1. The smallest absolute Gasteiger partial charge is 0.176 e. The van der Waals surface area contributed by atoms with Gasteiger partial charge in [-0.1, -0.05) is 26.3 Å². The molecule has 3 heteroatoms. The zero-order valence-electron chi connectivity index (χ0n) is 15.5. The molecule has 2 aromatic heterocycles. The standard InChI is InChI=1S/C20H31N2O/c1-7-8-13-22(5,6)14-15(2)19-16(3)20(17(4)23)21-12-10-9-11-18(19)21/h9-12,15H,7-8,13-14H2,1-6H3/q+1. The number of carbonyl (C=O) groups is 1. The third-order valence-corrected chi connectivity index (χ3v) is 4.85. The molecule has 23 heavy (non-hydrogen) atoms. The molecule has 126 valence electrons. The van der Waals surface area contributed by atoms with Gasteiger partial charge >= 0.3 is 0 Å². The van der Waals surface area contributed by atoms with E-state index in [0.29, 0.717) is 5.92 Å². The van der Waals surface area contributed by atoms with Gasteiger partial charge < -0.3 is 8.88 Å². The van der Waals surface area contributed by atoms with Crippen LogP contribution in [0.25, 0.3) is 5.52 Å². The number of hydrogen-bond donors (Lipinski definition) is 0. The number of unbranched alkanes of at least 4 members (excludes halogenated alkanes) is 1. The van der Waals surface area contributed by atoms with Crippen molar-refractivity contribution in [1.82, 2.24) is 4.40 Å². The predicted octanol–water partition coefficient (Wildman–Crippen LogP) is 4.43. The lowest BCUT2D eigenvalue weighted by molar-refractivity contribution is -0.891. The third kappa shape index (κ3) is 3.66. The van der Waals surface area contributed by atoms with E-state index < -0.39 is 0 Å². The second-order valence-corrected chi connectivity index (χ2v) is 7.50. The van der Waals surface area contributed by atoms with Crippen LogP contribution in [-0.2, 0) is 0 Å². The van der Waals surface area contributed by atoms with Gasteiger partial charge in [0, 0.05) is 24.6 Å². The lowest BCUT2D eigenvalue weighted by atomic mass is 9.95. The fourth-order valence-electron chi connectivity index (χ4n) is 3.92. The summed E-state index contributed by atoms with van der Waals surface area (Å²) >= 11 is 0. The van der Waals surface area contributed by atoms with Gasteiger partial charge in [0.05, 0.1) is 32.9 Å². The number of ketones is 1. The van der Waals surface area contributed by atoms with E-state index in [1.54, 1.807) is 6.92 Å². The normalized spacial score (nSPS) is 13.5. The van der Waals surface area contributed by atoms with Crippen molar-refractivity contribution in [1.29, 1.82) is 0 Å². The van der Waals surface area contributed by atoms with Gasteiger partial charge in [0.15, 0.2) is 5.78 Å². The fraction of sp³-hybridized carbons (Fsp3) is 0.550. The van der Waals surface area contributed by atoms with Gasteiger partial charge in [0.25, 0.3) is 0 Å². The van der Waals surface area contributed by atoms with Crippen LogP contribution in [0.4, 0.5) is 0 Å². The molecule has 0 saturated heterocycles. The first-order valence-electron chi connectivity index (χ1n) is 8.71. The highest BCUT2D eigenvalue weighted by Gasteiger charge is 2.26. The van der Waals surface area contributed by atoms with E-state index in [2.05, 4.69) is 51.4 Å². The largest absolute Gasteiger partial charge is 0.328 e. The maximum atomic E-state index is 12.1. The van der Waals surface area contributed by atoms with E-state index >= 15 is 0 Å². The Morgan fingerprint density at radius 2 is 2.00 bits per heavy atom. The van der Waals surface area contributed by atoms with Crippen LogP contribution in [0.3, 0.4) is 0 Å². The number of quaternary nitrogens is 1. The first kappa shape index (κ1) is 17.7. The summed E-state index contributed by atoms with van der Waals surface area (Å²) in [6, 6.07) is 6.19. The van der Waals surface area contributed by atoms with E-state index in [-0.39, 0.29) is 5.78 Å². The van der Waals surface area contributed by atoms with Gasteiger partial charge in [-0.2, -0.15) is 0 Å². The Hall–Kier alpha value is -1.61. The van der Waals surface area contributed by atoms with Gasteiger partial charge in [0.2, 0.25) is 0 Å². The predicted molar refractivity (Wildman–Crippen MR) is 97.3 cm³/mol. The van der Waals surface area contributed by atoms with Crippen molar-refractivity contribution < 1.29 is 9.28 Å². The SMILES string of the molecule is CCCC[N+](C)(C)CC(C)c1c(C)c(C(C)=O)n2ccccc12. The number of aromatic nitrogens is 1. The number of likely N-dealkylation sites (N-methyl/N-ethyl adjacent to an activating group) is 1. The van der Waals surface area contributed by atoms with Crippen LogP contribution >= 0.6 is 0 Å². The molecule has 2 rings (SSSR count). The number of carbonyl (C=O) groups excluding carboxylic acids is 1. The minimum atomic E-state index is 0.141. The molecule has 0 amide bonds. The van der Waals surface area contributed by atoms with E-state index in [0.717, 1.165) is 22.3 Å². The Balaban J connectivity index is 2.43. The molecule has 0 bridgehead atoms. The second-order valence-electron chi connectivity index (χ2n) is 7.50. The average Bonchev–Trinajstić information content (AvgIpc) is 2.76. The summed E-state index contributed by atoms with van der Waals surface area (Å²) in [5, 5.41) is 0. The minimum Gasteiger partial charge on any atom is -0.328 e. The van der Waals surface area contributed by atoms with Crippen molar-refractivity contribution >= 4 is 11.3 Å². The van der Waals surface area contributed by atoms with Crippen LogP contribution in [0.5, 0.6) is 0 Å². The van der Waals surface area contributed by atoms with Crippen LogP contribution in [0.1, 0.15) is 61.1 Å². The van der Waals surface area contributed by atoms with Crippen LogP contribution in [-0.4, -0.2) is 41.9 Å². The van der Waals surface area contributed by atoms with Gasteiger partial charge in [-0.05, 0) is 36.6 Å². The second kappa shape index (κ2) is 6.88. The zero-order valence-corrected chi connectivity index (χ0v) is 15.5. The maximum absolute atomic E-state index is 12.1. The van der Waals surface area contributed by atoms with Crippen molar-refractivity contribution in [2.75, 3.05) is 27.2 Å². The number of hydrogen-bond acceptors (Lipinski definition) is 1. The first-order valence-corrected chi connectivity index (χ1v) is 8.71. The molecule has 2 heterocycles. The van der Waals surface area contributed by atoms with Crippen molar-refractivity contribution in [2.45, 2.75) is 46.5 Å². The summed E-state index contributed by atoms with van der Waals surface area (Å²) in [6.07, 6.45) is 4.50. The molecule has 0 spiro atoms. The van der Waals surface area contributed by atoms with E-state index in [1.807, 2.05) is 12.3 Å². The summed E-state index contributed by atoms with van der Waals surface area (Å²) in [5.74, 6) is 0.564. The molecule has 0 fully saturated rings. The number of rotatable bonds is 7. The monoisotopic (exact) mass is 315 g/mol. The Kier molecular flexibility index (Phi) is 5.30. The fourth-order valence-corrected chi connectivity index (χ4v) is 3.92. The molecule has 2 aromatic rings. The molecule has 0 radical (unpaired) electrons. The molecule has 0 aromatic carbocycles. The van der Waals surface area contributed by atoms with Gasteiger partial charge in [0.1, 0.15) is 0 Å². The number of Topliss-reactive ketones (excluding diaryl/α,β-unsaturated/α-hetero) is 1. The first-order chi connectivity index (χ1) is 10.8. The van der Waals surface area contributed by atoms with E-state index in [4.69, 9.17) is 0 Å². The Morgan fingerprint density at radius 3 is 2.61 bits per heavy atom. The molecule has 3 nitrogen and oxygen atoms in total. The summed E-state index contributed by atoms with van der Waals surface area (Å²) in [7, 11) is 4.62. The average molecular weight is 315 g/mol. The van der Waals surface area contributed by atoms with Crippen LogP contribution in [0, 0.1) is 6.92 Å². The van der Waals surface area contributed by atoms with Crippen molar-refractivity contribution in [3.63, 3.8) is 0 Å². The van der Waals surface area contributed by atoms with Gasteiger partial charge in [-0.3, -0.25) is 4.79 Å². The van der Waals surface area contributed by atoms with Crippen molar-refractivity contribution in [2.24, 2.45) is 0 Å². The number of pyridine rings is 1. The van der Waals surface area contributed by atoms with E-state index in [9.17, 15) is 4.79 Å². The maximum Gasteiger partial charge on any atom is 0.176 e. The Labute approximate surface area is 140 Å². The summed E-state index contributed by atoms with van der Waals surface area (Å²) in [5.41, 5.74) is 4.49. The quantitative estimate of drug-likeness (QED) is 0.547. The van der Waals surface area contributed by atoms with Gasteiger partial charge in [-0.25, -0.2) is 0 Å². The lowest BCUT2D eigenvalue weighted by Crippen LogP contribution is -2.43. The topological polar surface area (TPSA) is 21.5 Å². The Bertz CT molecular complexity index is 697. The zero-order chi connectivity index (χ0) is 17.2. The van der Waals surface area contributed by atoms with Crippen LogP contribution in [0.2, 0.25) is 0 Å². The molecule has 0 saturated carbocycles. The molecule has 0 aliphatic rings. The van der Waals surface area contributed by atoms with Crippen LogP contribution < -0.4 is 0 Å². The van der Waals surface area contributed by atoms with E-state index in [1.165, 1.54) is 30.5 Å². The molecule has 0 aliphatic carbocycles. The van der Waals surface area contributed by atoms with Crippen molar-refractivity contribution in [3.05, 3.63) is 41.2 Å². The van der Waals surface area contributed by atoms with Crippen LogP contribution in [0.15, 0.2) is 24.4 Å². The highest BCUT2D eigenvalue weighted by atomic mass is 16.1. The molecule has 0 N–H and O–H groups in total. The van der Waals surface area contributed by atoms with Crippen molar-refractivity contribution in [3.8, 4) is 0 Å². The highest BCUT2D eigenvalue weighted by molar-refractivity contribution is 5.96. The molecule has 1 unspecified atom stereocenters. The Morgan fingerprint density at radius 1 is 1.30 bits per heavy atom. The lowest BCUT2D eigenvalue weighted by Gasteiger charge is -2.32. The third-order valence-electron chi connectivity index (χ3n) is 4.85. The minimum absolute atomic E-state index is 0.141.